The molecule has 7 nitrogen and oxygen atoms in total. The number of fused-ring (bicyclic) bond motifs is 2. The molecular formula is C26H38Cl2N6O. The van der Waals surface area contributed by atoms with Crippen LogP contribution in [0.4, 0.5) is 11.5 Å². The summed E-state index contributed by atoms with van der Waals surface area (Å²) < 4.78 is 3.57. The molecule has 35 heavy (non-hydrogen) atoms. The predicted octanol–water partition coefficient (Wildman–Crippen LogP) is 4.69. The van der Waals surface area contributed by atoms with Crippen LogP contribution in [-0.4, -0.2) is 45.3 Å². The zero-order chi connectivity index (χ0) is 23.2. The zero-order valence-electron chi connectivity index (χ0n) is 21.2. The summed E-state index contributed by atoms with van der Waals surface area (Å²) in [7, 11) is 1.83. The minimum Gasteiger partial charge on any atom is -0.370 e. The summed E-state index contributed by atoms with van der Waals surface area (Å²) in [6.45, 7) is 11.4. The number of imidazole rings is 1. The topological polar surface area (TPSA) is 59.2 Å². The van der Waals surface area contributed by atoms with Crippen LogP contribution in [0.15, 0.2) is 35.3 Å². The first-order valence-corrected chi connectivity index (χ1v) is 12.3. The van der Waals surface area contributed by atoms with E-state index in [2.05, 4.69) is 59.8 Å². The number of rotatable bonds is 4. The molecule has 1 unspecified atom stereocenters. The first kappa shape index (κ1) is 27.3. The first-order chi connectivity index (χ1) is 15.8. The minimum atomic E-state index is 0. The smallest absolute Gasteiger partial charge is 0.330 e. The molecule has 1 saturated heterocycles. The van der Waals surface area contributed by atoms with E-state index >= 15 is 0 Å². The largest absolute Gasteiger partial charge is 0.370 e. The number of anilines is 2. The summed E-state index contributed by atoms with van der Waals surface area (Å²) in [5, 5.41) is 0. The van der Waals surface area contributed by atoms with E-state index in [0.29, 0.717) is 12.5 Å². The van der Waals surface area contributed by atoms with Crippen LogP contribution in [-0.2, 0) is 20.0 Å². The third kappa shape index (κ3) is 5.61. The van der Waals surface area contributed by atoms with E-state index in [-0.39, 0.29) is 35.9 Å². The molecule has 192 valence electrons. The lowest BCUT2D eigenvalue weighted by Crippen LogP contribution is -2.43. The molecule has 0 radical (unpaired) electrons. The van der Waals surface area contributed by atoms with Crippen LogP contribution in [0.1, 0.15) is 45.7 Å². The highest BCUT2D eigenvalue weighted by molar-refractivity contribution is 5.85. The second kappa shape index (κ2) is 10.8. The molecule has 0 spiro atoms. The van der Waals surface area contributed by atoms with Gasteiger partial charge in [0.05, 0.1) is 16.9 Å². The van der Waals surface area contributed by atoms with Gasteiger partial charge in [-0.1, -0.05) is 20.8 Å². The van der Waals surface area contributed by atoms with Crippen molar-refractivity contribution in [1.82, 2.24) is 19.1 Å². The van der Waals surface area contributed by atoms with Gasteiger partial charge in [0.25, 0.3) is 0 Å². The number of aromatic nitrogens is 4. The average molecular weight is 522 g/mol. The summed E-state index contributed by atoms with van der Waals surface area (Å²) in [6, 6.07) is 8.46. The van der Waals surface area contributed by atoms with Crippen LogP contribution in [0.3, 0.4) is 0 Å². The maximum atomic E-state index is 12.9. The molecule has 3 aromatic heterocycles. The van der Waals surface area contributed by atoms with Gasteiger partial charge in [0.2, 0.25) is 0 Å². The van der Waals surface area contributed by atoms with Gasteiger partial charge in [0, 0.05) is 46.0 Å². The Kier molecular flexibility index (Phi) is 8.43. The van der Waals surface area contributed by atoms with Crippen LogP contribution < -0.4 is 15.5 Å². The van der Waals surface area contributed by atoms with Crippen molar-refractivity contribution in [3.63, 3.8) is 0 Å². The van der Waals surface area contributed by atoms with Crippen molar-refractivity contribution >= 4 is 47.5 Å². The molecule has 3 aromatic rings. The SMILES string of the molecule is Cl.Cl.Cn1c(=O)n(CC(C)(C)C)c2ccc(N3CCCC(CN4CCCc5ncccc54)C3)nc21. The van der Waals surface area contributed by atoms with Crippen LogP contribution in [0, 0.1) is 11.3 Å². The number of hydrogen-bond acceptors (Lipinski definition) is 5. The van der Waals surface area contributed by atoms with Crippen molar-refractivity contribution in [2.24, 2.45) is 18.4 Å². The lowest BCUT2D eigenvalue weighted by atomic mass is 9.96. The van der Waals surface area contributed by atoms with Crippen LogP contribution in [0.2, 0.25) is 0 Å². The van der Waals surface area contributed by atoms with Gasteiger partial charge < -0.3 is 9.80 Å². The van der Waals surface area contributed by atoms with Gasteiger partial charge in [0.15, 0.2) is 5.65 Å². The summed E-state index contributed by atoms with van der Waals surface area (Å²) in [4.78, 5) is 27.4. The fraction of sp³-hybridized carbons (Fsp3) is 0.577. The maximum absolute atomic E-state index is 12.9. The molecule has 1 fully saturated rings. The molecule has 0 saturated carbocycles. The van der Waals surface area contributed by atoms with Crippen LogP contribution in [0.25, 0.3) is 11.2 Å². The van der Waals surface area contributed by atoms with E-state index in [1.54, 1.807) is 4.57 Å². The Bertz CT molecular complexity index is 1210. The van der Waals surface area contributed by atoms with E-state index in [4.69, 9.17) is 4.98 Å². The van der Waals surface area contributed by atoms with Crippen molar-refractivity contribution in [3.05, 3.63) is 46.6 Å². The van der Waals surface area contributed by atoms with E-state index < -0.39 is 0 Å². The molecule has 5 heterocycles. The van der Waals surface area contributed by atoms with Crippen LogP contribution >= 0.6 is 24.8 Å². The molecule has 0 bridgehead atoms. The van der Waals surface area contributed by atoms with Gasteiger partial charge in [-0.15, -0.1) is 24.8 Å². The molecule has 0 amide bonds. The second-order valence-corrected chi connectivity index (χ2v) is 11.0. The van der Waals surface area contributed by atoms with Crippen LogP contribution in [0.5, 0.6) is 0 Å². The molecule has 0 aliphatic carbocycles. The number of pyridine rings is 2. The van der Waals surface area contributed by atoms with E-state index in [9.17, 15) is 4.79 Å². The third-order valence-electron chi connectivity index (χ3n) is 6.97. The Hall–Kier alpha value is -2.25. The lowest BCUT2D eigenvalue weighted by Gasteiger charge is -2.38. The van der Waals surface area contributed by atoms with Crippen molar-refractivity contribution in [1.29, 1.82) is 0 Å². The number of aryl methyl sites for hydroxylation is 2. The monoisotopic (exact) mass is 520 g/mol. The van der Waals surface area contributed by atoms with Gasteiger partial charge >= 0.3 is 5.69 Å². The molecular weight excluding hydrogens is 483 g/mol. The molecule has 5 rings (SSSR count). The van der Waals surface area contributed by atoms with Gasteiger partial charge in [-0.2, -0.15) is 0 Å². The van der Waals surface area contributed by atoms with Gasteiger partial charge in [0.1, 0.15) is 5.82 Å². The Morgan fingerprint density at radius 2 is 1.89 bits per heavy atom. The Labute approximate surface area is 220 Å². The summed E-state index contributed by atoms with van der Waals surface area (Å²) in [5.41, 5.74) is 4.30. The number of halogens is 2. The highest BCUT2D eigenvalue weighted by Crippen LogP contribution is 2.29. The molecule has 0 N–H and O–H groups in total. The van der Waals surface area contributed by atoms with E-state index in [0.717, 1.165) is 49.6 Å². The fourth-order valence-corrected chi connectivity index (χ4v) is 5.46. The van der Waals surface area contributed by atoms with E-state index in [1.165, 1.54) is 30.6 Å². The molecule has 2 aliphatic rings. The Morgan fingerprint density at radius 1 is 1.09 bits per heavy atom. The van der Waals surface area contributed by atoms with Crippen molar-refractivity contribution < 1.29 is 0 Å². The average Bonchev–Trinajstić information content (AvgIpc) is 3.03. The molecule has 0 aromatic carbocycles. The van der Waals surface area contributed by atoms with Crippen molar-refractivity contribution in [2.75, 3.05) is 36.0 Å². The second-order valence-electron chi connectivity index (χ2n) is 11.0. The minimum absolute atomic E-state index is 0. The van der Waals surface area contributed by atoms with Crippen molar-refractivity contribution in [3.8, 4) is 0 Å². The summed E-state index contributed by atoms with van der Waals surface area (Å²) >= 11 is 0. The van der Waals surface area contributed by atoms with E-state index in [1.807, 2.05) is 17.8 Å². The summed E-state index contributed by atoms with van der Waals surface area (Å²) in [6.07, 6.45) is 6.58. The highest BCUT2D eigenvalue weighted by Gasteiger charge is 2.26. The molecule has 1 atom stereocenters. The highest BCUT2D eigenvalue weighted by atomic mass is 35.5. The number of piperidine rings is 1. The Morgan fingerprint density at radius 3 is 2.66 bits per heavy atom. The molecule has 9 heteroatoms. The lowest BCUT2D eigenvalue weighted by molar-refractivity contribution is 0.342. The number of nitrogens with zero attached hydrogens (tertiary/aromatic N) is 6. The number of hydrogen-bond donors (Lipinski definition) is 0. The third-order valence-corrected chi connectivity index (χ3v) is 6.97. The predicted molar refractivity (Wildman–Crippen MR) is 149 cm³/mol. The van der Waals surface area contributed by atoms with Gasteiger partial charge in [-0.25, -0.2) is 9.78 Å². The van der Waals surface area contributed by atoms with Gasteiger partial charge in [-0.05, 0) is 61.3 Å². The zero-order valence-corrected chi connectivity index (χ0v) is 22.9. The first-order valence-electron chi connectivity index (χ1n) is 12.3. The fourth-order valence-electron chi connectivity index (χ4n) is 5.46. The molecule has 2 aliphatic heterocycles. The quantitative estimate of drug-likeness (QED) is 0.499. The standard InChI is InChI=1S/C26H36N6O.2ClH/c1-26(2,3)18-32-22-11-12-23(28-24(22)29(4)25(32)33)31-15-6-8-19(17-31)16-30-14-7-9-20-21(30)10-5-13-27-20;;/h5,10-13,19H,6-9,14-18H2,1-4H3;2*1H. The Balaban J connectivity index is 0.00000171. The van der Waals surface area contributed by atoms with Crippen molar-refractivity contribution in [2.45, 2.75) is 53.0 Å². The van der Waals surface area contributed by atoms with Gasteiger partial charge in [-0.3, -0.25) is 14.1 Å². The normalized spacial score (nSPS) is 18.1. The maximum Gasteiger partial charge on any atom is 0.330 e. The summed E-state index contributed by atoms with van der Waals surface area (Å²) in [5.74, 6) is 1.58.